The summed E-state index contributed by atoms with van der Waals surface area (Å²) in [6.07, 6.45) is 0.522. The van der Waals surface area contributed by atoms with Crippen LogP contribution in [0.5, 0.6) is 0 Å². The van der Waals surface area contributed by atoms with Gasteiger partial charge in [-0.1, -0.05) is 18.8 Å². The third-order valence-electron chi connectivity index (χ3n) is 3.09. The average molecular weight is 380 g/mol. The maximum absolute atomic E-state index is 12.4. The van der Waals surface area contributed by atoms with E-state index in [0.29, 0.717) is 17.0 Å². The van der Waals surface area contributed by atoms with Gasteiger partial charge in [-0.3, -0.25) is 0 Å². The summed E-state index contributed by atoms with van der Waals surface area (Å²) in [5.41, 5.74) is -0.182. The predicted octanol–water partition coefficient (Wildman–Crippen LogP) is 4.46. The van der Waals surface area contributed by atoms with Gasteiger partial charge in [0.15, 0.2) is 0 Å². The van der Waals surface area contributed by atoms with Crippen molar-refractivity contribution in [2.24, 2.45) is 5.41 Å². The van der Waals surface area contributed by atoms with E-state index >= 15 is 0 Å². The van der Waals surface area contributed by atoms with Crippen LogP contribution in [0.1, 0.15) is 69.4 Å². The molecule has 0 spiro atoms. The first kappa shape index (κ1) is 22.0. The summed E-state index contributed by atoms with van der Waals surface area (Å²) in [4.78, 5) is 25.6. The zero-order valence-electron chi connectivity index (χ0n) is 16.9. The zero-order valence-corrected chi connectivity index (χ0v) is 17.7. The number of nitrogens with one attached hydrogen (secondary N) is 1. The van der Waals surface area contributed by atoms with E-state index in [1.165, 1.54) is 18.4 Å². The fourth-order valence-electron chi connectivity index (χ4n) is 1.94. The van der Waals surface area contributed by atoms with Crippen LogP contribution in [-0.2, 0) is 14.3 Å². The van der Waals surface area contributed by atoms with Crippen LogP contribution in [0.2, 0.25) is 0 Å². The van der Waals surface area contributed by atoms with Gasteiger partial charge in [-0.05, 0) is 54.0 Å². The summed E-state index contributed by atoms with van der Waals surface area (Å²) in [7, 11) is 1.33. The standard InChI is InChI=1S/C20H29NO4S/c1-9-14(17(22)25-20(5,6)7)21-15-12-13(10-11-19(2,3)4)26-16(15)18(23)24-8/h12,14,21H,9H2,1-8H3. The number of carbonyl (C=O) groups excluding carboxylic acids is 2. The molecule has 0 amide bonds. The Balaban J connectivity index is 3.15. The molecule has 1 rings (SSSR count). The summed E-state index contributed by atoms with van der Waals surface area (Å²) in [6.45, 7) is 13.4. The fourth-order valence-corrected chi connectivity index (χ4v) is 2.83. The van der Waals surface area contributed by atoms with Crippen molar-refractivity contribution in [3.8, 4) is 11.8 Å². The number of thiophene rings is 1. The van der Waals surface area contributed by atoms with Crippen LogP contribution in [0.4, 0.5) is 5.69 Å². The minimum Gasteiger partial charge on any atom is -0.465 e. The number of ether oxygens (including phenoxy) is 2. The van der Waals surface area contributed by atoms with Crippen molar-refractivity contribution < 1.29 is 19.1 Å². The Morgan fingerprint density at radius 2 is 1.85 bits per heavy atom. The van der Waals surface area contributed by atoms with Gasteiger partial charge in [0.25, 0.3) is 0 Å². The number of anilines is 1. The Labute approximate surface area is 160 Å². The van der Waals surface area contributed by atoms with Gasteiger partial charge in [0.2, 0.25) is 0 Å². The smallest absolute Gasteiger partial charge is 0.350 e. The van der Waals surface area contributed by atoms with Gasteiger partial charge in [0, 0.05) is 5.41 Å². The Morgan fingerprint density at radius 1 is 1.23 bits per heavy atom. The summed E-state index contributed by atoms with van der Waals surface area (Å²) in [5.74, 6) is 5.42. The number of esters is 2. The van der Waals surface area contributed by atoms with Crippen molar-refractivity contribution in [2.75, 3.05) is 12.4 Å². The SMILES string of the molecule is CCC(Nc1cc(C#CC(C)(C)C)sc1C(=O)OC)C(=O)OC(C)(C)C. The fraction of sp³-hybridized carbons (Fsp3) is 0.600. The van der Waals surface area contributed by atoms with E-state index in [-0.39, 0.29) is 11.4 Å². The maximum Gasteiger partial charge on any atom is 0.350 e. The number of hydrogen-bond acceptors (Lipinski definition) is 6. The molecular weight excluding hydrogens is 350 g/mol. The third kappa shape index (κ3) is 7.09. The minimum atomic E-state index is -0.574. The predicted molar refractivity (Wildman–Crippen MR) is 106 cm³/mol. The van der Waals surface area contributed by atoms with Gasteiger partial charge in [0.05, 0.1) is 17.7 Å². The van der Waals surface area contributed by atoms with Crippen LogP contribution in [-0.4, -0.2) is 30.7 Å². The molecule has 0 fully saturated rings. The molecule has 0 aliphatic carbocycles. The van der Waals surface area contributed by atoms with Gasteiger partial charge < -0.3 is 14.8 Å². The molecule has 1 unspecified atom stereocenters. The molecule has 1 aromatic heterocycles. The van der Waals surface area contributed by atoms with E-state index in [0.717, 1.165) is 4.88 Å². The second-order valence-corrected chi connectivity index (χ2v) is 9.04. The van der Waals surface area contributed by atoms with Crippen LogP contribution < -0.4 is 5.32 Å². The molecule has 0 aliphatic rings. The molecule has 144 valence electrons. The number of rotatable bonds is 5. The largest absolute Gasteiger partial charge is 0.465 e. The molecule has 1 heterocycles. The molecule has 0 radical (unpaired) electrons. The van der Waals surface area contributed by atoms with E-state index < -0.39 is 17.6 Å². The lowest BCUT2D eigenvalue weighted by Gasteiger charge is -2.24. The number of carbonyl (C=O) groups is 2. The Hall–Kier alpha value is -2.00. The quantitative estimate of drug-likeness (QED) is 0.604. The second-order valence-electron chi connectivity index (χ2n) is 7.98. The van der Waals surface area contributed by atoms with E-state index in [1.807, 2.05) is 48.5 Å². The number of hydrogen-bond donors (Lipinski definition) is 1. The summed E-state index contributed by atoms with van der Waals surface area (Å²) < 4.78 is 10.3. The molecular formula is C20H29NO4S. The first-order chi connectivity index (χ1) is 11.9. The van der Waals surface area contributed by atoms with Crippen molar-refractivity contribution in [1.29, 1.82) is 0 Å². The maximum atomic E-state index is 12.4. The third-order valence-corrected chi connectivity index (χ3v) is 4.12. The summed E-state index contributed by atoms with van der Waals surface area (Å²) in [6, 6.07) is 1.22. The molecule has 1 aromatic rings. The first-order valence-corrected chi connectivity index (χ1v) is 9.42. The molecule has 0 saturated heterocycles. The van der Waals surface area contributed by atoms with Crippen LogP contribution in [0.25, 0.3) is 0 Å². The first-order valence-electron chi connectivity index (χ1n) is 8.61. The van der Waals surface area contributed by atoms with Crippen molar-refractivity contribution in [1.82, 2.24) is 0 Å². The summed E-state index contributed by atoms with van der Waals surface area (Å²) in [5, 5.41) is 3.12. The van der Waals surface area contributed by atoms with Gasteiger partial charge in [-0.15, -0.1) is 11.3 Å². The molecule has 6 heteroatoms. The Morgan fingerprint density at radius 3 is 2.31 bits per heavy atom. The molecule has 1 N–H and O–H groups in total. The normalized spacial score (nSPS) is 12.6. The topological polar surface area (TPSA) is 64.6 Å². The second kappa shape index (κ2) is 8.59. The highest BCUT2D eigenvalue weighted by molar-refractivity contribution is 7.15. The van der Waals surface area contributed by atoms with E-state index in [4.69, 9.17) is 9.47 Å². The molecule has 0 aromatic carbocycles. The van der Waals surface area contributed by atoms with Crippen molar-refractivity contribution in [2.45, 2.75) is 66.5 Å². The lowest BCUT2D eigenvalue weighted by Crippen LogP contribution is -2.36. The molecule has 0 saturated carbocycles. The highest BCUT2D eigenvalue weighted by Gasteiger charge is 2.26. The Bertz CT molecular complexity index is 711. The van der Waals surface area contributed by atoms with E-state index in [2.05, 4.69) is 17.2 Å². The average Bonchev–Trinajstić information content (AvgIpc) is 2.90. The van der Waals surface area contributed by atoms with Crippen molar-refractivity contribution in [3.05, 3.63) is 15.8 Å². The lowest BCUT2D eigenvalue weighted by atomic mass is 9.98. The highest BCUT2D eigenvalue weighted by Crippen LogP contribution is 2.29. The van der Waals surface area contributed by atoms with Crippen molar-refractivity contribution in [3.63, 3.8) is 0 Å². The lowest BCUT2D eigenvalue weighted by molar-refractivity contribution is -0.155. The van der Waals surface area contributed by atoms with E-state index in [9.17, 15) is 9.59 Å². The number of methoxy groups -OCH3 is 1. The minimum absolute atomic E-state index is 0.147. The monoisotopic (exact) mass is 379 g/mol. The van der Waals surface area contributed by atoms with Gasteiger partial charge in [-0.25, -0.2) is 9.59 Å². The molecule has 1 atom stereocenters. The van der Waals surface area contributed by atoms with E-state index in [1.54, 1.807) is 6.07 Å². The van der Waals surface area contributed by atoms with Gasteiger partial charge in [-0.2, -0.15) is 0 Å². The molecule has 26 heavy (non-hydrogen) atoms. The zero-order chi connectivity index (χ0) is 20.1. The summed E-state index contributed by atoms with van der Waals surface area (Å²) >= 11 is 1.25. The van der Waals surface area contributed by atoms with Gasteiger partial charge in [0.1, 0.15) is 16.5 Å². The van der Waals surface area contributed by atoms with Crippen LogP contribution in [0.15, 0.2) is 6.07 Å². The van der Waals surface area contributed by atoms with Crippen LogP contribution >= 0.6 is 11.3 Å². The molecule has 0 aliphatic heterocycles. The molecule has 5 nitrogen and oxygen atoms in total. The van der Waals surface area contributed by atoms with Crippen molar-refractivity contribution >= 4 is 29.0 Å². The Kier molecular flexibility index (Phi) is 7.28. The highest BCUT2D eigenvalue weighted by atomic mass is 32.1. The molecule has 0 bridgehead atoms. The van der Waals surface area contributed by atoms with Crippen LogP contribution in [0.3, 0.4) is 0 Å². The van der Waals surface area contributed by atoms with Crippen LogP contribution in [0, 0.1) is 17.3 Å². The van der Waals surface area contributed by atoms with Gasteiger partial charge >= 0.3 is 11.9 Å².